The predicted octanol–water partition coefficient (Wildman–Crippen LogP) is 2.15. The molecule has 7 heteroatoms. The van der Waals surface area contributed by atoms with E-state index in [0.29, 0.717) is 32.0 Å². The monoisotopic (exact) mass is 337 g/mol. The van der Waals surface area contributed by atoms with Gasteiger partial charge in [-0.2, -0.15) is 0 Å². The Labute approximate surface area is 140 Å². The first-order chi connectivity index (χ1) is 11.2. The van der Waals surface area contributed by atoms with Crippen molar-refractivity contribution in [3.63, 3.8) is 0 Å². The van der Waals surface area contributed by atoms with E-state index in [9.17, 15) is 0 Å². The number of halogens is 1. The fraction of sp³-hybridized carbons (Fsp3) is 0.375. The van der Waals surface area contributed by atoms with Crippen molar-refractivity contribution < 1.29 is 14.6 Å². The first-order valence-corrected chi connectivity index (χ1v) is 7.67. The highest BCUT2D eigenvalue weighted by Crippen LogP contribution is 2.20. The lowest BCUT2D eigenvalue weighted by atomic mass is 10.1. The molecule has 1 aromatic carbocycles. The molecule has 0 bridgehead atoms. The highest BCUT2D eigenvalue weighted by molar-refractivity contribution is 6.28. The lowest BCUT2D eigenvalue weighted by molar-refractivity contribution is 0.0992. The lowest BCUT2D eigenvalue weighted by Crippen LogP contribution is -2.14. The summed E-state index contributed by atoms with van der Waals surface area (Å²) in [4.78, 5) is 8.29. The van der Waals surface area contributed by atoms with Crippen LogP contribution in [0, 0.1) is 0 Å². The van der Waals surface area contributed by atoms with Crippen LogP contribution in [0.4, 0.5) is 5.82 Å². The quantitative estimate of drug-likeness (QED) is 0.539. The van der Waals surface area contributed by atoms with Gasteiger partial charge in [0.15, 0.2) is 0 Å². The molecule has 0 saturated heterocycles. The Kier molecular flexibility index (Phi) is 7.06. The Morgan fingerprint density at radius 2 is 2.17 bits per heavy atom. The second-order valence-electron chi connectivity index (χ2n) is 4.80. The fourth-order valence-electron chi connectivity index (χ4n) is 2.08. The predicted molar refractivity (Wildman–Crippen MR) is 89.2 cm³/mol. The van der Waals surface area contributed by atoms with Gasteiger partial charge in [0.1, 0.15) is 11.6 Å². The molecule has 0 unspecified atom stereocenters. The minimum absolute atomic E-state index is 0.0143. The van der Waals surface area contributed by atoms with Gasteiger partial charge in [0.25, 0.3) is 0 Å². The summed E-state index contributed by atoms with van der Waals surface area (Å²) < 4.78 is 10.5. The molecule has 23 heavy (non-hydrogen) atoms. The number of aromatic nitrogens is 2. The van der Waals surface area contributed by atoms with Crippen LogP contribution in [0.2, 0.25) is 5.28 Å². The molecule has 2 aromatic rings. The zero-order valence-corrected chi connectivity index (χ0v) is 13.7. The van der Waals surface area contributed by atoms with Gasteiger partial charge in [-0.15, -0.1) is 0 Å². The normalized spacial score (nSPS) is 10.6. The van der Waals surface area contributed by atoms with Gasteiger partial charge in [-0.1, -0.05) is 12.1 Å². The third-order valence-corrected chi connectivity index (χ3v) is 3.32. The van der Waals surface area contributed by atoms with E-state index in [1.807, 2.05) is 24.3 Å². The van der Waals surface area contributed by atoms with Gasteiger partial charge in [-0.3, -0.25) is 0 Å². The zero-order valence-electron chi connectivity index (χ0n) is 13.0. The standard InChI is InChI=1S/C16H20ClN3O3/c1-22-14-4-2-3-12(10-14)9-13-11-19-16(17)20-15(13)18-5-7-23-8-6-21/h2-4,10-11,21H,5-9H2,1H3,(H,18,19,20). The van der Waals surface area contributed by atoms with Gasteiger partial charge in [0.05, 0.1) is 26.9 Å². The Morgan fingerprint density at radius 1 is 1.30 bits per heavy atom. The van der Waals surface area contributed by atoms with E-state index < -0.39 is 0 Å². The van der Waals surface area contributed by atoms with Crippen molar-refractivity contribution in [2.24, 2.45) is 0 Å². The molecule has 6 nitrogen and oxygen atoms in total. The minimum Gasteiger partial charge on any atom is -0.497 e. The number of methoxy groups -OCH3 is 1. The molecule has 0 atom stereocenters. The van der Waals surface area contributed by atoms with Crippen molar-refractivity contribution in [1.29, 1.82) is 0 Å². The molecule has 124 valence electrons. The summed E-state index contributed by atoms with van der Waals surface area (Å²) in [5, 5.41) is 12.1. The molecule has 0 saturated carbocycles. The van der Waals surface area contributed by atoms with Gasteiger partial charge in [0, 0.05) is 24.7 Å². The average molecular weight is 338 g/mol. The molecule has 0 fully saturated rings. The lowest BCUT2D eigenvalue weighted by Gasteiger charge is -2.11. The van der Waals surface area contributed by atoms with Crippen molar-refractivity contribution in [3.05, 3.63) is 46.9 Å². The molecule has 1 heterocycles. The van der Waals surface area contributed by atoms with E-state index >= 15 is 0 Å². The number of aliphatic hydroxyl groups excluding tert-OH is 1. The van der Waals surface area contributed by atoms with Gasteiger partial charge >= 0.3 is 0 Å². The number of aliphatic hydroxyl groups is 1. The van der Waals surface area contributed by atoms with Crippen LogP contribution < -0.4 is 10.1 Å². The Balaban J connectivity index is 2.05. The van der Waals surface area contributed by atoms with Crippen LogP contribution in [0.15, 0.2) is 30.5 Å². The number of benzene rings is 1. The maximum absolute atomic E-state index is 8.68. The molecule has 0 aliphatic rings. The van der Waals surface area contributed by atoms with Gasteiger partial charge in [-0.05, 0) is 29.3 Å². The summed E-state index contributed by atoms with van der Waals surface area (Å²) in [5.74, 6) is 1.49. The van der Waals surface area contributed by atoms with Crippen LogP contribution in [0.1, 0.15) is 11.1 Å². The first kappa shape index (κ1) is 17.5. The van der Waals surface area contributed by atoms with Crippen LogP contribution in [0.25, 0.3) is 0 Å². The van der Waals surface area contributed by atoms with Crippen molar-refractivity contribution in [1.82, 2.24) is 9.97 Å². The van der Waals surface area contributed by atoms with Crippen LogP contribution in [-0.2, 0) is 11.2 Å². The Morgan fingerprint density at radius 3 is 2.96 bits per heavy atom. The molecule has 0 spiro atoms. The van der Waals surface area contributed by atoms with Crippen molar-refractivity contribution in [2.45, 2.75) is 6.42 Å². The largest absolute Gasteiger partial charge is 0.497 e. The molecule has 0 aliphatic heterocycles. The summed E-state index contributed by atoms with van der Waals surface area (Å²) in [6.45, 7) is 1.38. The van der Waals surface area contributed by atoms with Gasteiger partial charge in [-0.25, -0.2) is 9.97 Å². The summed E-state index contributed by atoms with van der Waals surface area (Å²) in [5.41, 5.74) is 2.03. The van der Waals surface area contributed by atoms with Crippen LogP contribution in [0.3, 0.4) is 0 Å². The topological polar surface area (TPSA) is 76.5 Å². The molecular formula is C16H20ClN3O3. The number of rotatable bonds is 9. The number of nitrogens with zero attached hydrogens (tertiary/aromatic N) is 2. The molecular weight excluding hydrogens is 318 g/mol. The van der Waals surface area contributed by atoms with Crippen molar-refractivity contribution >= 4 is 17.4 Å². The van der Waals surface area contributed by atoms with E-state index in [1.165, 1.54) is 0 Å². The molecule has 2 rings (SSSR count). The smallest absolute Gasteiger partial charge is 0.224 e. The fourth-order valence-corrected chi connectivity index (χ4v) is 2.21. The Hall–Kier alpha value is -1.89. The number of nitrogens with one attached hydrogen (secondary N) is 1. The highest BCUT2D eigenvalue weighted by Gasteiger charge is 2.08. The third-order valence-electron chi connectivity index (χ3n) is 3.14. The number of anilines is 1. The molecule has 1 aromatic heterocycles. The number of hydrogen-bond donors (Lipinski definition) is 2. The second-order valence-corrected chi connectivity index (χ2v) is 5.14. The van der Waals surface area contributed by atoms with E-state index in [2.05, 4.69) is 15.3 Å². The highest BCUT2D eigenvalue weighted by atomic mass is 35.5. The maximum atomic E-state index is 8.68. The van der Waals surface area contributed by atoms with Gasteiger partial charge < -0.3 is 19.9 Å². The van der Waals surface area contributed by atoms with Gasteiger partial charge in [0.2, 0.25) is 5.28 Å². The second kappa shape index (κ2) is 9.29. The van der Waals surface area contributed by atoms with E-state index in [0.717, 1.165) is 16.9 Å². The van der Waals surface area contributed by atoms with E-state index in [4.69, 9.17) is 26.2 Å². The van der Waals surface area contributed by atoms with Crippen molar-refractivity contribution in [3.8, 4) is 5.75 Å². The molecule has 2 N–H and O–H groups in total. The summed E-state index contributed by atoms with van der Waals surface area (Å²) in [7, 11) is 1.64. The van der Waals surface area contributed by atoms with Crippen LogP contribution >= 0.6 is 11.6 Å². The minimum atomic E-state index is 0.0143. The Bertz CT molecular complexity index is 625. The van der Waals surface area contributed by atoms with Crippen LogP contribution in [0.5, 0.6) is 5.75 Å². The maximum Gasteiger partial charge on any atom is 0.224 e. The SMILES string of the molecule is COc1cccc(Cc2cnc(Cl)nc2NCCOCCO)c1. The van der Waals surface area contributed by atoms with Crippen LogP contribution in [-0.4, -0.2) is 48.5 Å². The third kappa shape index (κ3) is 5.67. The summed E-state index contributed by atoms with van der Waals surface area (Å²) in [6.07, 6.45) is 2.37. The number of hydrogen-bond acceptors (Lipinski definition) is 6. The van der Waals surface area contributed by atoms with E-state index in [1.54, 1.807) is 13.3 Å². The molecule has 0 aliphatic carbocycles. The zero-order chi connectivity index (χ0) is 16.5. The summed E-state index contributed by atoms with van der Waals surface area (Å²) >= 11 is 5.88. The molecule has 0 radical (unpaired) electrons. The van der Waals surface area contributed by atoms with Crippen molar-refractivity contribution in [2.75, 3.05) is 38.8 Å². The first-order valence-electron chi connectivity index (χ1n) is 7.29. The average Bonchev–Trinajstić information content (AvgIpc) is 2.57. The molecule has 0 amide bonds. The number of ether oxygens (including phenoxy) is 2. The summed E-state index contributed by atoms with van der Waals surface area (Å²) in [6, 6.07) is 7.84. The van der Waals surface area contributed by atoms with E-state index in [-0.39, 0.29) is 11.9 Å².